The maximum absolute atomic E-state index is 13.9. The van der Waals surface area contributed by atoms with Gasteiger partial charge in [-0.15, -0.1) is 0 Å². The summed E-state index contributed by atoms with van der Waals surface area (Å²) in [6.45, 7) is 1.54. The second-order valence-corrected chi connectivity index (χ2v) is 7.32. The van der Waals surface area contributed by atoms with E-state index in [1.807, 2.05) is 0 Å². The molecule has 1 fully saturated rings. The van der Waals surface area contributed by atoms with E-state index < -0.39 is 11.7 Å². The molecule has 158 valence electrons. The van der Waals surface area contributed by atoms with Crippen LogP contribution in [-0.4, -0.2) is 29.9 Å². The molecule has 7 heteroatoms. The summed E-state index contributed by atoms with van der Waals surface area (Å²) >= 11 is 0. The third-order valence-corrected chi connectivity index (χ3v) is 5.13. The average Bonchev–Trinajstić information content (AvgIpc) is 2.77. The van der Waals surface area contributed by atoms with Gasteiger partial charge in [0.25, 0.3) is 5.91 Å². The summed E-state index contributed by atoms with van der Waals surface area (Å²) in [5, 5.41) is 2.68. The second kappa shape index (κ2) is 8.95. The first-order valence-corrected chi connectivity index (χ1v) is 9.98. The number of carbonyl (C=O) groups excluding carboxylic acids is 2. The first kappa shape index (κ1) is 20.5. The van der Waals surface area contributed by atoms with Crippen LogP contribution in [0.15, 0.2) is 72.8 Å². The Morgan fingerprint density at radius 1 is 0.935 bits per heavy atom. The molecular weight excluding hydrogens is 400 g/mol. The number of carbonyl (C=O) groups is 2. The van der Waals surface area contributed by atoms with Crippen molar-refractivity contribution in [2.75, 3.05) is 23.3 Å². The van der Waals surface area contributed by atoms with Gasteiger partial charge in [-0.1, -0.05) is 30.3 Å². The maximum atomic E-state index is 13.9. The van der Waals surface area contributed by atoms with Crippen molar-refractivity contribution in [3.63, 3.8) is 0 Å². The van der Waals surface area contributed by atoms with Crippen molar-refractivity contribution >= 4 is 23.3 Å². The van der Waals surface area contributed by atoms with Gasteiger partial charge in [0, 0.05) is 31.0 Å². The first-order valence-electron chi connectivity index (χ1n) is 9.98. The quantitative estimate of drug-likeness (QED) is 0.627. The van der Waals surface area contributed by atoms with Crippen molar-refractivity contribution in [1.29, 1.82) is 0 Å². The SMILES string of the molecule is O=C(Nc1cccc(N2CCCN(Cc3ccc(F)cc3)C2=O)c1)c1ccccc1F. The van der Waals surface area contributed by atoms with Gasteiger partial charge in [0.1, 0.15) is 11.6 Å². The lowest BCUT2D eigenvalue weighted by atomic mass is 10.1. The number of halogens is 2. The standard InChI is InChI=1S/C24H21F2N3O2/c25-18-11-9-17(10-12-18)16-28-13-4-14-29(24(28)31)20-6-3-5-19(15-20)27-23(30)21-7-1-2-8-22(21)26/h1-3,5-12,15H,4,13-14,16H2,(H,27,30). The Hall–Kier alpha value is -3.74. The monoisotopic (exact) mass is 421 g/mol. The van der Waals surface area contributed by atoms with Crippen LogP contribution in [0.2, 0.25) is 0 Å². The second-order valence-electron chi connectivity index (χ2n) is 7.32. The number of benzene rings is 3. The minimum Gasteiger partial charge on any atom is -0.322 e. The Balaban J connectivity index is 1.48. The van der Waals surface area contributed by atoms with Gasteiger partial charge in [-0.3, -0.25) is 9.69 Å². The number of nitrogens with zero attached hydrogens (tertiary/aromatic N) is 2. The van der Waals surface area contributed by atoms with Gasteiger partial charge >= 0.3 is 6.03 Å². The van der Waals surface area contributed by atoms with Crippen LogP contribution in [0.25, 0.3) is 0 Å². The predicted molar refractivity (Wildman–Crippen MR) is 115 cm³/mol. The molecule has 3 aromatic rings. The fraction of sp³-hybridized carbons (Fsp3) is 0.167. The topological polar surface area (TPSA) is 52.7 Å². The van der Waals surface area contributed by atoms with Crippen LogP contribution in [0.3, 0.4) is 0 Å². The summed E-state index contributed by atoms with van der Waals surface area (Å²) in [7, 11) is 0. The zero-order valence-corrected chi connectivity index (χ0v) is 16.7. The third kappa shape index (κ3) is 4.71. The van der Waals surface area contributed by atoms with Crippen molar-refractivity contribution in [3.05, 3.63) is 95.6 Å². The van der Waals surface area contributed by atoms with Crippen molar-refractivity contribution in [1.82, 2.24) is 4.90 Å². The number of nitrogens with one attached hydrogen (secondary N) is 1. The largest absolute Gasteiger partial charge is 0.324 e. The number of urea groups is 1. The molecule has 1 saturated heterocycles. The molecule has 5 nitrogen and oxygen atoms in total. The van der Waals surface area contributed by atoms with Crippen LogP contribution < -0.4 is 10.2 Å². The van der Waals surface area contributed by atoms with E-state index in [2.05, 4.69) is 5.32 Å². The summed E-state index contributed by atoms with van der Waals surface area (Å²) in [6.07, 6.45) is 0.777. The Labute approximate surface area is 178 Å². The minimum absolute atomic E-state index is 0.0487. The molecule has 0 bridgehead atoms. The molecule has 0 aliphatic carbocycles. The van der Waals surface area contributed by atoms with E-state index in [-0.39, 0.29) is 17.4 Å². The average molecular weight is 421 g/mol. The number of rotatable bonds is 5. The van der Waals surface area contributed by atoms with E-state index in [1.165, 1.54) is 30.3 Å². The van der Waals surface area contributed by atoms with Gasteiger partial charge in [0.05, 0.1) is 5.56 Å². The molecule has 1 aliphatic rings. The third-order valence-electron chi connectivity index (χ3n) is 5.13. The lowest BCUT2D eigenvalue weighted by molar-refractivity contribution is 0.102. The van der Waals surface area contributed by atoms with Crippen LogP contribution in [0.1, 0.15) is 22.3 Å². The molecule has 3 amide bonds. The lowest BCUT2D eigenvalue weighted by Crippen LogP contribution is -2.49. The Morgan fingerprint density at radius 2 is 1.71 bits per heavy atom. The number of hydrogen-bond donors (Lipinski definition) is 1. The van der Waals surface area contributed by atoms with E-state index in [9.17, 15) is 18.4 Å². The summed E-state index contributed by atoms with van der Waals surface area (Å²) < 4.78 is 27.0. The molecule has 4 rings (SSSR count). The lowest BCUT2D eigenvalue weighted by Gasteiger charge is -2.36. The Morgan fingerprint density at radius 3 is 2.48 bits per heavy atom. The Bertz CT molecular complexity index is 1100. The highest BCUT2D eigenvalue weighted by Gasteiger charge is 2.27. The van der Waals surface area contributed by atoms with Crippen LogP contribution >= 0.6 is 0 Å². The normalized spacial score (nSPS) is 13.9. The van der Waals surface area contributed by atoms with Gasteiger partial charge in [0.15, 0.2) is 0 Å². The highest BCUT2D eigenvalue weighted by Crippen LogP contribution is 2.25. The smallest absolute Gasteiger partial charge is 0.322 e. The molecule has 0 saturated carbocycles. The fourth-order valence-electron chi connectivity index (χ4n) is 3.57. The molecule has 0 radical (unpaired) electrons. The van der Waals surface area contributed by atoms with Gasteiger partial charge in [-0.25, -0.2) is 13.6 Å². The van der Waals surface area contributed by atoms with Gasteiger partial charge in [-0.05, 0) is 54.4 Å². The summed E-state index contributed by atoms with van der Waals surface area (Å²) in [5.74, 6) is -1.47. The van der Waals surface area contributed by atoms with E-state index in [4.69, 9.17) is 0 Å². The van der Waals surface area contributed by atoms with Crippen LogP contribution in [-0.2, 0) is 6.54 Å². The molecule has 0 unspecified atom stereocenters. The summed E-state index contributed by atoms with van der Waals surface area (Å²) in [5.41, 5.74) is 1.91. The zero-order chi connectivity index (χ0) is 21.8. The molecule has 3 aromatic carbocycles. The van der Waals surface area contributed by atoms with E-state index in [1.54, 1.807) is 52.3 Å². The van der Waals surface area contributed by atoms with Crippen LogP contribution in [0, 0.1) is 11.6 Å². The van der Waals surface area contributed by atoms with Gasteiger partial charge in [-0.2, -0.15) is 0 Å². The fourth-order valence-corrected chi connectivity index (χ4v) is 3.57. The van der Waals surface area contributed by atoms with E-state index >= 15 is 0 Å². The van der Waals surface area contributed by atoms with E-state index in [0.29, 0.717) is 31.0 Å². The molecule has 1 heterocycles. The highest BCUT2D eigenvalue weighted by molar-refractivity contribution is 6.05. The molecule has 0 atom stereocenters. The van der Waals surface area contributed by atoms with Gasteiger partial charge in [0.2, 0.25) is 0 Å². The van der Waals surface area contributed by atoms with Crippen LogP contribution in [0.5, 0.6) is 0 Å². The molecular formula is C24H21F2N3O2. The Kier molecular flexibility index (Phi) is 5.93. The molecule has 31 heavy (non-hydrogen) atoms. The van der Waals surface area contributed by atoms with Gasteiger partial charge < -0.3 is 10.2 Å². The van der Waals surface area contributed by atoms with Crippen LogP contribution in [0.4, 0.5) is 25.0 Å². The molecule has 0 spiro atoms. The van der Waals surface area contributed by atoms with Crippen molar-refractivity contribution in [3.8, 4) is 0 Å². The molecule has 1 aliphatic heterocycles. The number of hydrogen-bond acceptors (Lipinski definition) is 2. The number of amides is 3. The predicted octanol–water partition coefficient (Wildman–Crippen LogP) is 5.05. The minimum atomic E-state index is -0.598. The zero-order valence-electron chi connectivity index (χ0n) is 16.7. The van der Waals surface area contributed by atoms with Crippen molar-refractivity contribution in [2.45, 2.75) is 13.0 Å². The summed E-state index contributed by atoms with van der Waals surface area (Å²) in [4.78, 5) is 28.8. The van der Waals surface area contributed by atoms with Crippen molar-refractivity contribution in [2.24, 2.45) is 0 Å². The molecule has 1 N–H and O–H groups in total. The first-order chi connectivity index (χ1) is 15.0. The number of anilines is 2. The maximum Gasteiger partial charge on any atom is 0.324 e. The van der Waals surface area contributed by atoms with E-state index in [0.717, 1.165) is 12.0 Å². The highest BCUT2D eigenvalue weighted by atomic mass is 19.1. The summed E-state index contributed by atoms with van der Waals surface area (Å²) in [6, 6.07) is 18.6. The molecule has 0 aromatic heterocycles. The van der Waals surface area contributed by atoms with Crippen molar-refractivity contribution < 1.29 is 18.4 Å².